The smallest absolute Gasteiger partial charge is 0.124 e. The molecular weight excluding hydrogens is 350 g/mol. The Bertz CT molecular complexity index is 634. The van der Waals surface area contributed by atoms with E-state index in [2.05, 4.69) is 47.2 Å². The summed E-state index contributed by atoms with van der Waals surface area (Å²) in [6.45, 7) is 4.20. The fourth-order valence-corrected chi connectivity index (χ4v) is 2.99. The molecule has 0 aliphatic carbocycles. The summed E-state index contributed by atoms with van der Waals surface area (Å²) < 4.78 is 6.63. The molecule has 0 heterocycles. The highest BCUT2D eigenvalue weighted by Gasteiger charge is 2.18. The van der Waals surface area contributed by atoms with Crippen LogP contribution in [-0.4, -0.2) is 14.2 Å². The average Bonchev–Trinajstić information content (AvgIpc) is 2.46. The summed E-state index contributed by atoms with van der Waals surface area (Å²) in [5.41, 5.74) is 4.65. The minimum absolute atomic E-state index is 0.0316. The van der Waals surface area contributed by atoms with Crippen molar-refractivity contribution in [2.24, 2.45) is 0 Å². The van der Waals surface area contributed by atoms with Crippen LogP contribution in [0.5, 0.6) is 5.75 Å². The molecule has 0 aliphatic heterocycles. The molecule has 0 fully saturated rings. The highest BCUT2D eigenvalue weighted by atomic mass is 79.9. The molecule has 0 spiro atoms. The first kappa shape index (κ1) is 16.3. The van der Waals surface area contributed by atoms with Crippen molar-refractivity contribution >= 4 is 27.5 Å². The number of nitrogens with one attached hydrogen (secondary N) is 1. The SMILES string of the molecule is CNC(c1cc(C)c(Br)c(C)c1)c1cc(Cl)ccc1OC. The molecule has 21 heavy (non-hydrogen) atoms. The van der Waals surface area contributed by atoms with E-state index in [-0.39, 0.29) is 6.04 Å². The molecule has 112 valence electrons. The Kier molecular flexibility index (Phi) is 5.31. The van der Waals surface area contributed by atoms with Crippen molar-refractivity contribution in [1.29, 1.82) is 0 Å². The lowest BCUT2D eigenvalue weighted by atomic mass is 9.95. The second-order valence-corrected chi connectivity index (χ2v) is 6.31. The first-order valence-corrected chi connectivity index (χ1v) is 7.92. The van der Waals surface area contributed by atoms with Gasteiger partial charge in [0, 0.05) is 15.1 Å². The lowest BCUT2D eigenvalue weighted by Crippen LogP contribution is -2.19. The van der Waals surface area contributed by atoms with Crippen molar-refractivity contribution in [3.8, 4) is 5.75 Å². The number of aryl methyl sites for hydroxylation is 2. The maximum absolute atomic E-state index is 6.16. The highest BCUT2D eigenvalue weighted by Crippen LogP contribution is 2.34. The van der Waals surface area contributed by atoms with E-state index in [1.807, 2.05) is 25.2 Å². The molecule has 0 aromatic heterocycles. The van der Waals surface area contributed by atoms with Gasteiger partial charge < -0.3 is 10.1 Å². The molecule has 1 unspecified atom stereocenters. The molecule has 1 atom stereocenters. The van der Waals surface area contributed by atoms with Crippen LogP contribution in [0.4, 0.5) is 0 Å². The number of benzene rings is 2. The molecule has 4 heteroatoms. The fourth-order valence-electron chi connectivity index (χ4n) is 2.58. The van der Waals surface area contributed by atoms with Crippen LogP contribution in [0.3, 0.4) is 0 Å². The van der Waals surface area contributed by atoms with E-state index in [9.17, 15) is 0 Å². The van der Waals surface area contributed by atoms with Crippen LogP contribution < -0.4 is 10.1 Å². The maximum Gasteiger partial charge on any atom is 0.124 e. The molecule has 0 amide bonds. The van der Waals surface area contributed by atoms with Gasteiger partial charge in [-0.15, -0.1) is 0 Å². The van der Waals surface area contributed by atoms with Gasteiger partial charge in [0.2, 0.25) is 0 Å². The second kappa shape index (κ2) is 6.82. The predicted molar refractivity (Wildman–Crippen MR) is 92.5 cm³/mol. The normalized spacial score (nSPS) is 12.3. The number of ether oxygens (including phenoxy) is 1. The number of hydrogen-bond acceptors (Lipinski definition) is 2. The van der Waals surface area contributed by atoms with Gasteiger partial charge in [-0.25, -0.2) is 0 Å². The van der Waals surface area contributed by atoms with Gasteiger partial charge in [-0.05, 0) is 55.8 Å². The van der Waals surface area contributed by atoms with Gasteiger partial charge >= 0.3 is 0 Å². The van der Waals surface area contributed by atoms with Crippen LogP contribution in [-0.2, 0) is 0 Å². The Morgan fingerprint density at radius 1 is 1.14 bits per heavy atom. The van der Waals surface area contributed by atoms with Crippen molar-refractivity contribution in [2.75, 3.05) is 14.2 Å². The summed E-state index contributed by atoms with van der Waals surface area (Å²) in [5, 5.41) is 4.06. The quantitative estimate of drug-likeness (QED) is 0.816. The molecule has 0 saturated heterocycles. The average molecular weight is 369 g/mol. The molecule has 2 rings (SSSR count). The zero-order chi connectivity index (χ0) is 15.6. The molecule has 2 aromatic carbocycles. The van der Waals surface area contributed by atoms with Crippen molar-refractivity contribution in [3.05, 3.63) is 62.1 Å². The molecule has 2 aromatic rings. The number of halogens is 2. The summed E-state index contributed by atoms with van der Waals surface area (Å²) in [5.74, 6) is 0.831. The van der Waals surface area contributed by atoms with Crippen molar-refractivity contribution in [3.63, 3.8) is 0 Å². The molecule has 0 bridgehead atoms. The van der Waals surface area contributed by atoms with Crippen molar-refractivity contribution < 1.29 is 4.74 Å². The van der Waals surface area contributed by atoms with Gasteiger partial charge in [0.1, 0.15) is 5.75 Å². The number of hydrogen-bond donors (Lipinski definition) is 1. The molecule has 0 radical (unpaired) electrons. The Morgan fingerprint density at radius 3 is 2.29 bits per heavy atom. The molecule has 0 saturated carbocycles. The van der Waals surface area contributed by atoms with Crippen LogP contribution in [0.25, 0.3) is 0 Å². The van der Waals surface area contributed by atoms with Crippen molar-refractivity contribution in [2.45, 2.75) is 19.9 Å². The van der Waals surface area contributed by atoms with Gasteiger partial charge in [-0.2, -0.15) is 0 Å². The van der Waals surface area contributed by atoms with Gasteiger partial charge in [0.05, 0.1) is 13.2 Å². The monoisotopic (exact) mass is 367 g/mol. The molecular formula is C17H19BrClNO. The van der Waals surface area contributed by atoms with E-state index >= 15 is 0 Å². The maximum atomic E-state index is 6.16. The number of rotatable bonds is 4. The van der Waals surface area contributed by atoms with Crippen LogP contribution in [0.1, 0.15) is 28.3 Å². The third-order valence-electron chi connectivity index (χ3n) is 3.58. The van der Waals surface area contributed by atoms with Crippen LogP contribution >= 0.6 is 27.5 Å². The standard InChI is InChI=1S/C17H19BrClNO/c1-10-7-12(8-11(2)16(10)18)17(20-3)14-9-13(19)5-6-15(14)21-4/h5-9,17,20H,1-4H3. The zero-order valence-electron chi connectivity index (χ0n) is 12.6. The lowest BCUT2D eigenvalue weighted by molar-refractivity contribution is 0.405. The summed E-state index contributed by atoms with van der Waals surface area (Å²) in [6, 6.07) is 10.1. The van der Waals surface area contributed by atoms with E-state index in [4.69, 9.17) is 16.3 Å². The van der Waals surface area contributed by atoms with Crippen LogP contribution in [0.2, 0.25) is 5.02 Å². The number of methoxy groups -OCH3 is 1. The Morgan fingerprint density at radius 2 is 1.76 bits per heavy atom. The summed E-state index contributed by atoms with van der Waals surface area (Å²) in [7, 11) is 3.62. The minimum Gasteiger partial charge on any atom is -0.496 e. The topological polar surface area (TPSA) is 21.3 Å². The predicted octanol–water partition coefficient (Wildman–Crippen LogP) is 5.04. The van der Waals surface area contributed by atoms with Crippen LogP contribution in [0.15, 0.2) is 34.8 Å². The Balaban J connectivity index is 2.57. The fraction of sp³-hybridized carbons (Fsp3) is 0.294. The highest BCUT2D eigenvalue weighted by molar-refractivity contribution is 9.10. The van der Waals surface area contributed by atoms with Gasteiger partial charge in [-0.3, -0.25) is 0 Å². The van der Waals surface area contributed by atoms with E-state index < -0.39 is 0 Å². The Hall–Kier alpha value is -1.03. The van der Waals surface area contributed by atoms with Gasteiger partial charge in [-0.1, -0.05) is 39.7 Å². The van der Waals surface area contributed by atoms with E-state index in [1.165, 1.54) is 16.7 Å². The first-order valence-electron chi connectivity index (χ1n) is 6.75. The van der Waals surface area contributed by atoms with E-state index in [1.54, 1.807) is 7.11 Å². The summed E-state index contributed by atoms with van der Waals surface area (Å²) >= 11 is 9.77. The molecule has 0 aliphatic rings. The van der Waals surface area contributed by atoms with Gasteiger partial charge in [0.25, 0.3) is 0 Å². The summed E-state index contributed by atoms with van der Waals surface area (Å²) in [6.07, 6.45) is 0. The third-order valence-corrected chi connectivity index (χ3v) is 5.07. The summed E-state index contributed by atoms with van der Waals surface area (Å²) in [4.78, 5) is 0. The van der Waals surface area contributed by atoms with Crippen molar-refractivity contribution in [1.82, 2.24) is 5.32 Å². The molecule has 1 N–H and O–H groups in total. The zero-order valence-corrected chi connectivity index (χ0v) is 15.0. The third kappa shape index (κ3) is 3.42. The van der Waals surface area contributed by atoms with Crippen LogP contribution in [0, 0.1) is 13.8 Å². The van der Waals surface area contributed by atoms with E-state index in [0.29, 0.717) is 5.02 Å². The Labute approximate surface area is 139 Å². The first-order chi connectivity index (χ1) is 9.97. The second-order valence-electron chi connectivity index (χ2n) is 5.08. The minimum atomic E-state index is 0.0316. The van der Waals surface area contributed by atoms with E-state index in [0.717, 1.165) is 15.8 Å². The van der Waals surface area contributed by atoms with Gasteiger partial charge in [0.15, 0.2) is 0 Å². The molecule has 2 nitrogen and oxygen atoms in total. The largest absolute Gasteiger partial charge is 0.496 e. The lowest BCUT2D eigenvalue weighted by Gasteiger charge is -2.21.